The Bertz CT molecular complexity index is 566. The number of sulfonamides is 1. The maximum Gasteiger partial charge on any atom is 0.348 e. The molecule has 0 bridgehead atoms. The second-order valence-corrected chi connectivity index (χ2v) is 6.96. The molecule has 1 heterocycles. The van der Waals surface area contributed by atoms with Crippen LogP contribution in [-0.4, -0.2) is 47.9 Å². The molecule has 0 saturated carbocycles. The zero-order valence-electron chi connectivity index (χ0n) is 12.0. The molecule has 2 N–H and O–H groups in total. The third kappa shape index (κ3) is 6.10. The molecule has 0 aliphatic carbocycles. The van der Waals surface area contributed by atoms with Crippen LogP contribution in [0.25, 0.3) is 0 Å². The van der Waals surface area contributed by atoms with E-state index in [2.05, 4.69) is 0 Å². The molecule has 0 amide bonds. The summed E-state index contributed by atoms with van der Waals surface area (Å²) in [7, 11) is -2.21. The Hall–Kier alpha value is -1.00. The molecule has 21 heavy (non-hydrogen) atoms. The number of rotatable bonds is 9. The van der Waals surface area contributed by atoms with Crippen molar-refractivity contribution in [1.29, 1.82) is 0 Å². The molecule has 1 aromatic heterocycles. The van der Waals surface area contributed by atoms with Gasteiger partial charge in [-0.05, 0) is 19.4 Å². The van der Waals surface area contributed by atoms with E-state index in [-0.39, 0.29) is 23.0 Å². The quantitative estimate of drug-likeness (QED) is 0.530. The molecule has 1 aromatic rings. The van der Waals surface area contributed by atoms with Crippen molar-refractivity contribution in [2.75, 3.05) is 33.5 Å². The predicted molar refractivity (Wildman–Crippen MR) is 78.0 cm³/mol. The van der Waals surface area contributed by atoms with Gasteiger partial charge in [0.2, 0.25) is 10.0 Å². The summed E-state index contributed by atoms with van der Waals surface area (Å²) in [4.78, 5) is 12.4. The van der Waals surface area contributed by atoms with Crippen LogP contribution in [-0.2, 0) is 24.2 Å². The number of hydrogen-bond acceptors (Lipinski definition) is 7. The Kier molecular flexibility index (Phi) is 7.26. The van der Waals surface area contributed by atoms with Gasteiger partial charge in [-0.1, -0.05) is 0 Å². The molecule has 0 fully saturated rings. The van der Waals surface area contributed by atoms with E-state index in [1.165, 1.54) is 6.07 Å². The van der Waals surface area contributed by atoms with Gasteiger partial charge in [0, 0.05) is 25.2 Å². The minimum Gasteiger partial charge on any atom is -0.459 e. The summed E-state index contributed by atoms with van der Waals surface area (Å²) in [5.41, 5.74) is 0. The van der Waals surface area contributed by atoms with Gasteiger partial charge < -0.3 is 14.2 Å². The van der Waals surface area contributed by atoms with Gasteiger partial charge in [-0.15, -0.1) is 11.3 Å². The molecular weight excluding hydrogens is 318 g/mol. The highest BCUT2D eigenvalue weighted by atomic mass is 32.2. The number of methoxy groups -OCH3 is 1. The van der Waals surface area contributed by atoms with Gasteiger partial charge in [-0.25, -0.2) is 18.4 Å². The fourth-order valence-electron chi connectivity index (χ4n) is 1.52. The largest absolute Gasteiger partial charge is 0.459 e. The lowest BCUT2D eigenvalue weighted by Gasteiger charge is -2.04. The summed E-state index contributed by atoms with van der Waals surface area (Å²) in [6, 6.07) is 1.23. The molecule has 0 aromatic carbocycles. The average Bonchev–Trinajstić information content (AvgIpc) is 2.79. The molecule has 0 aliphatic rings. The summed E-state index contributed by atoms with van der Waals surface area (Å²) in [5.74, 6) is -0.585. The number of thiophene rings is 1. The number of carbonyl (C=O) groups excluding carboxylic acids is 1. The van der Waals surface area contributed by atoms with Gasteiger partial charge in [0.1, 0.15) is 11.5 Å². The zero-order valence-corrected chi connectivity index (χ0v) is 13.6. The van der Waals surface area contributed by atoms with E-state index in [0.29, 0.717) is 18.1 Å². The first kappa shape index (κ1) is 18.1. The van der Waals surface area contributed by atoms with Crippen LogP contribution in [0.2, 0.25) is 0 Å². The number of ether oxygens (including phenoxy) is 3. The molecule has 0 unspecified atom stereocenters. The second kappa shape index (κ2) is 8.44. The number of nitrogens with two attached hydrogens (primary N) is 1. The van der Waals surface area contributed by atoms with Crippen LogP contribution in [0.3, 0.4) is 0 Å². The topological polar surface area (TPSA) is 105 Å². The summed E-state index contributed by atoms with van der Waals surface area (Å²) in [6.45, 7) is 3.11. The van der Waals surface area contributed by atoms with Crippen molar-refractivity contribution in [3.05, 3.63) is 15.8 Å². The lowest BCUT2D eigenvalue weighted by molar-refractivity contribution is 0.0292. The zero-order chi connectivity index (χ0) is 15.9. The predicted octanol–water partition coefficient (Wildman–Crippen LogP) is 0.914. The van der Waals surface area contributed by atoms with Crippen molar-refractivity contribution in [2.45, 2.75) is 18.2 Å². The van der Waals surface area contributed by atoms with Crippen molar-refractivity contribution in [3.8, 4) is 0 Å². The number of primary sulfonamides is 1. The fourth-order valence-corrected chi connectivity index (χ4v) is 3.56. The van der Waals surface area contributed by atoms with Gasteiger partial charge in [0.15, 0.2) is 0 Å². The minimum atomic E-state index is -3.82. The molecule has 1 rings (SSSR count). The second-order valence-electron chi connectivity index (χ2n) is 4.17. The summed E-state index contributed by atoms with van der Waals surface area (Å²) >= 11 is 1.03. The smallest absolute Gasteiger partial charge is 0.348 e. The molecule has 0 spiro atoms. The maximum atomic E-state index is 11.7. The fraction of sp³-hybridized carbons (Fsp3) is 0.583. The van der Waals surface area contributed by atoms with E-state index in [1.807, 2.05) is 0 Å². The third-order valence-corrected chi connectivity index (χ3v) is 4.67. The molecule has 7 nitrogen and oxygen atoms in total. The van der Waals surface area contributed by atoms with Crippen LogP contribution < -0.4 is 5.14 Å². The Morgan fingerprint density at radius 1 is 1.29 bits per heavy atom. The highest BCUT2D eigenvalue weighted by Gasteiger charge is 2.19. The number of aryl methyl sites for hydroxylation is 1. The molecule has 0 radical (unpaired) electrons. The van der Waals surface area contributed by atoms with E-state index in [1.54, 1.807) is 14.0 Å². The first-order valence-electron chi connectivity index (χ1n) is 6.23. The van der Waals surface area contributed by atoms with Crippen LogP contribution in [0.5, 0.6) is 0 Å². The average molecular weight is 337 g/mol. The number of carbonyl (C=O) groups is 1. The number of esters is 1. The van der Waals surface area contributed by atoms with Crippen LogP contribution in [0, 0.1) is 6.92 Å². The van der Waals surface area contributed by atoms with Gasteiger partial charge in [-0.3, -0.25) is 0 Å². The van der Waals surface area contributed by atoms with Crippen molar-refractivity contribution < 1.29 is 27.4 Å². The normalized spacial score (nSPS) is 11.6. The van der Waals surface area contributed by atoms with E-state index < -0.39 is 16.0 Å². The van der Waals surface area contributed by atoms with E-state index >= 15 is 0 Å². The van der Waals surface area contributed by atoms with Gasteiger partial charge in [0.25, 0.3) is 0 Å². The van der Waals surface area contributed by atoms with E-state index in [9.17, 15) is 13.2 Å². The Morgan fingerprint density at radius 3 is 2.57 bits per heavy atom. The highest BCUT2D eigenvalue weighted by Crippen LogP contribution is 2.25. The Balaban J connectivity index is 2.40. The van der Waals surface area contributed by atoms with Crippen molar-refractivity contribution in [3.63, 3.8) is 0 Å². The Morgan fingerprint density at radius 2 is 2.00 bits per heavy atom. The molecular formula is C12H19NO6S2. The van der Waals surface area contributed by atoms with Crippen LogP contribution in [0.1, 0.15) is 21.0 Å². The van der Waals surface area contributed by atoms with E-state index in [4.69, 9.17) is 19.3 Å². The van der Waals surface area contributed by atoms with Crippen molar-refractivity contribution in [2.24, 2.45) is 5.14 Å². The molecule has 9 heteroatoms. The number of hydrogen-bond donors (Lipinski definition) is 1. The lowest BCUT2D eigenvalue weighted by atomic mass is 10.4. The molecule has 120 valence electrons. The summed E-state index contributed by atoms with van der Waals surface area (Å²) < 4.78 is 37.6. The first-order chi connectivity index (χ1) is 9.86. The standard InChI is InChI=1S/C12H19NO6S2/c1-9-11(21(13,15)16)8-10(20-9)12(14)19-7-6-18-5-3-4-17-2/h8H,3-7H2,1-2H3,(H2,13,15,16). The van der Waals surface area contributed by atoms with Crippen LogP contribution >= 0.6 is 11.3 Å². The summed E-state index contributed by atoms with van der Waals surface area (Å²) in [6.07, 6.45) is 0.770. The lowest BCUT2D eigenvalue weighted by Crippen LogP contribution is -2.13. The molecule has 0 saturated heterocycles. The molecule has 0 aliphatic heterocycles. The Labute approximate surface area is 128 Å². The van der Waals surface area contributed by atoms with E-state index in [0.717, 1.165) is 17.8 Å². The van der Waals surface area contributed by atoms with Crippen molar-refractivity contribution in [1.82, 2.24) is 0 Å². The third-order valence-electron chi connectivity index (χ3n) is 2.48. The van der Waals surface area contributed by atoms with Crippen molar-refractivity contribution >= 4 is 27.3 Å². The first-order valence-corrected chi connectivity index (χ1v) is 8.59. The highest BCUT2D eigenvalue weighted by molar-refractivity contribution is 7.89. The van der Waals surface area contributed by atoms with Crippen LogP contribution in [0.4, 0.5) is 0 Å². The monoisotopic (exact) mass is 337 g/mol. The van der Waals surface area contributed by atoms with Gasteiger partial charge >= 0.3 is 5.97 Å². The SMILES string of the molecule is COCCCOCCOC(=O)c1cc(S(N)(=O)=O)c(C)s1. The van der Waals surface area contributed by atoms with Gasteiger partial charge in [-0.2, -0.15) is 0 Å². The molecule has 0 atom stereocenters. The van der Waals surface area contributed by atoms with Gasteiger partial charge in [0.05, 0.1) is 11.5 Å². The summed E-state index contributed by atoms with van der Waals surface area (Å²) in [5, 5.41) is 5.05. The maximum absolute atomic E-state index is 11.7. The minimum absolute atomic E-state index is 0.0461. The van der Waals surface area contributed by atoms with Crippen LogP contribution in [0.15, 0.2) is 11.0 Å².